The van der Waals surface area contributed by atoms with E-state index >= 15 is 0 Å². The van der Waals surface area contributed by atoms with Crippen molar-refractivity contribution in [1.82, 2.24) is 14.8 Å². The number of aromatic amines is 1. The average Bonchev–Trinajstić information content (AvgIpc) is 2.32. The molecule has 2 aromatic rings. The molecular formula is C11H10FN3OS. The maximum absolute atomic E-state index is 12.7. The van der Waals surface area contributed by atoms with Crippen LogP contribution in [-0.2, 0) is 6.54 Å². The molecule has 0 saturated heterocycles. The van der Waals surface area contributed by atoms with E-state index in [9.17, 15) is 9.18 Å². The minimum Gasteiger partial charge on any atom is -0.278 e. The second-order valence-electron chi connectivity index (χ2n) is 3.63. The number of hydrogen-bond donors (Lipinski definition) is 1. The smallest absolute Gasteiger partial charge is 0.276 e. The van der Waals surface area contributed by atoms with Crippen molar-refractivity contribution in [1.29, 1.82) is 0 Å². The first-order valence-electron chi connectivity index (χ1n) is 4.98. The maximum atomic E-state index is 12.7. The van der Waals surface area contributed by atoms with E-state index in [4.69, 9.17) is 12.2 Å². The number of halogens is 1. The van der Waals surface area contributed by atoms with Crippen molar-refractivity contribution in [2.24, 2.45) is 0 Å². The maximum Gasteiger partial charge on any atom is 0.276 e. The largest absolute Gasteiger partial charge is 0.278 e. The molecule has 1 aromatic heterocycles. The number of H-pyrrole nitrogens is 1. The zero-order valence-corrected chi connectivity index (χ0v) is 9.92. The zero-order valence-electron chi connectivity index (χ0n) is 9.11. The SMILES string of the molecule is Cc1n[nH]c(=S)n(Cc2ccc(F)cc2)c1=O. The summed E-state index contributed by atoms with van der Waals surface area (Å²) in [6, 6.07) is 5.93. The zero-order chi connectivity index (χ0) is 12.4. The minimum absolute atomic E-state index is 0.238. The van der Waals surface area contributed by atoms with Gasteiger partial charge in [0.25, 0.3) is 5.56 Å². The van der Waals surface area contributed by atoms with E-state index in [0.29, 0.717) is 12.2 Å². The lowest BCUT2D eigenvalue weighted by Crippen LogP contribution is -2.25. The molecule has 0 aliphatic rings. The standard InChI is InChI=1S/C11H10FN3OS/c1-7-10(16)15(11(17)14-13-7)6-8-2-4-9(12)5-3-8/h2-5H,6H2,1H3,(H,14,17). The van der Waals surface area contributed by atoms with Gasteiger partial charge >= 0.3 is 0 Å². The van der Waals surface area contributed by atoms with Gasteiger partial charge in [0, 0.05) is 0 Å². The molecule has 0 aliphatic carbocycles. The van der Waals surface area contributed by atoms with Crippen LogP contribution in [0.25, 0.3) is 0 Å². The molecule has 0 unspecified atom stereocenters. The van der Waals surface area contributed by atoms with Crippen molar-refractivity contribution in [2.45, 2.75) is 13.5 Å². The molecule has 0 fully saturated rings. The molecule has 0 aliphatic heterocycles. The molecule has 2 rings (SSSR count). The van der Waals surface area contributed by atoms with Gasteiger partial charge in [-0.3, -0.25) is 14.5 Å². The molecule has 4 nitrogen and oxygen atoms in total. The molecule has 6 heteroatoms. The molecule has 1 heterocycles. The summed E-state index contributed by atoms with van der Waals surface area (Å²) in [5.41, 5.74) is 0.914. The summed E-state index contributed by atoms with van der Waals surface area (Å²) in [5.74, 6) is -0.308. The molecule has 0 bridgehead atoms. The van der Waals surface area contributed by atoms with Crippen LogP contribution in [-0.4, -0.2) is 14.8 Å². The van der Waals surface area contributed by atoms with Crippen LogP contribution in [0.2, 0.25) is 0 Å². The Kier molecular flexibility index (Phi) is 3.14. The fourth-order valence-corrected chi connectivity index (χ4v) is 1.64. The molecule has 17 heavy (non-hydrogen) atoms. The van der Waals surface area contributed by atoms with Crippen LogP contribution in [0.1, 0.15) is 11.3 Å². The number of aromatic nitrogens is 3. The second-order valence-corrected chi connectivity index (χ2v) is 4.02. The lowest BCUT2D eigenvalue weighted by atomic mass is 10.2. The third-order valence-corrected chi connectivity index (χ3v) is 2.68. The Morgan fingerprint density at radius 3 is 2.71 bits per heavy atom. The van der Waals surface area contributed by atoms with Gasteiger partial charge in [-0.1, -0.05) is 12.1 Å². The minimum atomic E-state index is -0.308. The Bertz CT molecular complexity index is 645. The fourth-order valence-electron chi connectivity index (χ4n) is 1.44. The number of aryl methyl sites for hydroxylation is 1. The molecule has 0 atom stereocenters. The Morgan fingerprint density at radius 2 is 2.06 bits per heavy atom. The molecule has 1 aromatic carbocycles. The number of benzene rings is 1. The van der Waals surface area contributed by atoms with E-state index in [-0.39, 0.29) is 16.1 Å². The van der Waals surface area contributed by atoms with Crippen molar-refractivity contribution in [2.75, 3.05) is 0 Å². The molecule has 88 valence electrons. The Hall–Kier alpha value is -1.82. The average molecular weight is 251 g/mol. The van der Waals surface area contributed by atoms with Crippen LogP contribution >= 0.6 is 12.2 Å². The van der Waals surface area contributed by atoms with Gasteiger partial charge in [0.1, 0.15) is 11.5 Å². The van der Waals surface area contributed by atoms with Gasteiger partial charge < -0.3 is 0 Å². The van der Waals surface area contributed by atoms with Gasteiger partial charge in [-0.15, -0.1) is 0 Å². The van der Waals surface area contributed by atoms with Gasteiger partial charge in [0.2, 0.25) is 0 Å². The van der Waals surface area contributed by atoms with Crippen LogP contribution in [0.15, 0.2) is 29.1 Å². The number of rotatable bonds is 2. The van der Waals surface area contributed by atoms with Crippen molar-refractivity contribution in [3.05, 3.63) is 56.5 Å². The van der Waals surface area contributed by atoms with E-state index in [1.54, 1.807) is 19.1 Å². The van der Waals surface area contributed by atoms with Gasteiger partial charge in [-0.25, -0.2) is 4.39 Å². The summed E-state index contributed by atoms with van der Waals surface area (Å²) in [7, 11) is 0. The predicted octanol–water partition coefficient (Wildman–Crippen LogP) is 1.80. The highest BCUT2D eigenvalue weighted by Gasteiger charge is 2.04. The number of hydrogen-bond acceptors (Lipinski definition) is 3. The number of nitrogens with zero attached hydrogens (tertiary/aromatic N) is 2. The molecule has 0 saturated carbocycles. The second kappa shape index (κ2) is 4.58. The van der Waals surface area contributed by atoms with Gasteiger partial charge in [-0.05, 0) is 36.8 Å². The first-order chi connectivity index (χ1) is 8.08. The van der Waals surface area contributed by atoms with Crippen molar-refractivity contribution < 1.29 is 4.39 Å². The monoisotopic (exact) mass is 251 g/mol. The van der Waals surface area contributed by atoms with Crippen molar-refractivity contribution in [3.63, 3.8) is 0 Å². The van der Waals surface area contributed by atoms with Crippen LogP contribution < -0.4 is 5.56 Å². The fraction of sp³-hybridized carbons (Fsp3) is 0.182. The molecular weight excluding hydrogens is 241 g/mol. The summed E-state index contributed by atoms with van der Waals surface area (Å²) in [6.45, 7) is 1.91. The summed E-state index contributed by atoms with van der Waals surface area (Å²) in [4.78, 5) is 11.8. The summed E-state index contributed by atoms with van der Waals surface area (Å²) >= 11 is 4.99. The lowest BCUT2D eigenvalue weighted by Gasteiger charge is -2.06. The van der Waals surface area contributed by atoms with Gasteiger partial charge in [0.05, 0.1) is 6.54 Å². The molecule has 0 amide bonds. The van der Waals surface area contributed by atoms with E-state index in [1.807, 2.05) is 0 Å². The van der Waals surface area contributed by atoms with Gasteiger partial charge in [-0.2, -0.15) is 5.10 Å². The number of nitrogens with one attached hydrogen (secondary N) is 1. The highest BCUT2D eigenvalue weighted by atomic mass is 32.1. The molecule has 0 radical (unpaired) electrons. The van der Waals surface area contributed by atoms with E-state index in [0.717, 1.165) is 5.56 Å². The quantitative estimate of drug-likeness (QED) is 0.828. The van der Waals surface area contributed by atoms with E-state index in [1.165, 1.54) is 16.7 Å². The first-order valence-corrected chi connectivity index (χ1v) is 5.39. The highest BCUT2D eigenvalue weighted by molar-refractivity contribution is 7.71. The Labute approximate surface area is 102 Å². The van der Waals surface area contributed by atoms with Crippen molar-refractivity contribution >= 4 is 12.2 Å². The van der Waals surface area contributed by atoms with Crippen LogP contribution in [0, 0.1) is 17.5 Å². The predicted molar refractivity (Wildman–Crippen MR) is 63.9 cm³/mol. The first kappa shape index (κ1) is 11.7. The molecule has 1 N–H and O–H groups in total. The van der Waals surface area contributed by atoms with E-state index in [2.05, 4.69) is 10.2 Å². The summed E-state index contributed by atoms with van der Waals surface area (Å²) in [6.07, 6.45) is 0. The van der Waals surface area contributed by atoms with Crippen LogP contribution in [0.3, 0.4) is 0 Å². The normalized spacial score (nSPS) is 10.5. The summed E-state index contributed by atoms with van der Waals surface area (Å²) < 4.78 is 14.4. The van der Waals surface area contributed by atoms with Crippen molar-refractivity contribution in [3.8, 4) is 0 Å². The van der Waals surface area contributed by atoms with Gasteiger partial charge in [0.15, 0.2) is 4.77 Å². The third kappa shape index (κ3) is 2.47. The lowest BCUT2D eigenvalue weighted by molar-refractivity contribution is 0.624. The highest BCUT2D eigenvalue weighted by Crippen LogP contribution is 2.04. The Morgan fingerprint density at radius 1 is 1.41 bits per heavy atom. The molecule has 0 spiro atoms. The van der Waals surface area contributed by atoms with Crippen LogP contribution in [0.5, 0.6) is 0 Å². The Balaban J connectivity index is 2.43. The van der Waals surface area contributed by atoms with E-state index < -0.39 is 0 Å². The third-order valence-electron chi connectivity index (χ3n) is 2.37. The topological polar surface area (TPSA) is 50.7 Å². The summed E-state index contributed by atoms with van der Waals surface area (Å²) in [5, 5.41) is 6.37. The van der Waals surface area contributed by atoms with Crippen LogP contribution in [0.4, 0.5) is 4.39 Å².